The van der Waals surface area contributed by atoms with E-state index in [0.29, 0.717) is 6.04 Å². The molecule has 0 amide bonds. The van der Waals surface area contributed by atoms with Crippen LogP contribution in [0.5, 0.6) is 0 Å². The number of pyridine rings is 1. The normalized spacial score (nSPS) is 22.3. The number of anilines is 1. The Labute approximate surface area is 280 Å². The average Bonchev–Trinajstić information content (AvgIpc) is 3.47. The smallest absolute Gasteiger partial charge is 0.164 e. The van der Waals surface area contributed by atoms with Crippen molar-refractivity contribution in [1.29, 1.82) is 0 Å². The number of hydrogen-bond donors (Lipinski definition) is 1. The van der Waals surface area contributed by atoms with E-state index in [-0.39, 0.29) is 20.7 Å². The van der Waals surface area contributed by atoms with Crippen molar-refractivity contribution >= 4 is 68.0 Å². The van der Waals surface area contributed by atoms with E-state index in [4.69, 9.17) is 15.0 Å². The van der Waals surface area contributed by atoms with E-state index in [1.165, 1.54) is 66.8 Å². The number of rotatable bonds is 9. The fraction of sp³-hybridized carbons (Fsp3) is 0.529. The summed E-state index contributed by atoms with van der Waals surface area (Å²) in [6.07, 6.45) is 7.80. The zero-order valence-corrected chi connectivity index (χ0v) is 30.7. The van der Waals surface area contributed by atoms with E-state index in [1.54, 1.807) is 0 Å². The summed E-state index contributed by atoms with van der Waals surface area (Å²) in [7, 11) is 0. The van der Waals surface area contributed by atoms with Crippen LogP contribution in [-0.2, 0) is 6.42 Å². The van der Waals surface area contributed by atoms with Crippen LogP contribution >= 0.6 is 43.3 Å². The summed E-state index contributed by atoms with van der Waals surface area (Å²) in [5.74, 6) is 3.58. The lowest BCUT2D eigenvalue weighted by Gasteiger charge is -2.43. The molecular weight excluding hydrogens is 760 g/mol. The molecule has 4 heterocycles. The van der Waals surface area contributed by atoms with E-state index in [1.807, 2.05) is 6.20 Å². The van der Waals surface area contributed by atoms with Gasteiger partial charge in [-0.3, -0.25) is 4.90 Å². The van der Waals surface area contributed by atoms with Crippen molar-refractivity contribution in [2.75, 3.05) is 38.0 Å². The number of hydrogen-bond acceptors (Lipinski definition) is 6. The molecule has 2 atom stereocenters. The van der Waals surface area contributed by atoms with Gasteiger partial charge in [-0.1, -0.05) is 20.8 Å². The summed E-state index contributed by atoms with van der Waals surface area (Å²) in [4.78, 5) is 20.0. The van der Waals surface area contributed by atoms with Crippen LogP contribution in [0.4, 0.5) is 5.82 Å². The van der Waals surface area contributed by atoms with E-state index < -0.39 is 0 Å². The van der Waals surface area contributed by atoms with Crippen LogP contribution in [0.15, 0.2) is 41.2 Å². The van der Waals surface area contributed by atoms with Gasteiger partial charge in [0, 0.05) is 53.2 Å². The van der Waals surface area contributed by atoms with Gasteiger partial charge in [-0.2, -0.15) is 0 Å². The molecule has 3 aromatic rings. The number of nitrogens with one attached hydrogen (secondary N) is 1. The van der Waals surface area contributed by atoms with Crippen LogP contribution in [0, 0.1) is 22.3 Å². The number of aryl methyl sites for hydroxylation is 2. The second-order valence-corrected chi connectivity index (χ2v) is 15.9. The van der Waals surface area contributed by atoms with Gasteiger partial charge >= 0.3 is 0 Å². The standard InChI is InChI=1S/C34H45I2N7/c1-7-24-12-27(13-30-32(24)39-22(6)43(30)21(4)5)28-14-31(37-17-29(28)35)40-34-36-15-23(16-38-34)18-41-19-25-10-11-26(20-41)33(25)42(8-2)9-3/h12-17,21,25-26,33H,7-11,18-20H2,1-6H3,(H,37,38,40). The van der Waals surface area contributed by atoms with Crippen LogP contribution in [0.1, 0.15) is 64.9 Å². The summed E-state index contributed by atoms with van der Waals surface area (Å²) in [6.45, 7) is 19.3. The molecule has 1 aromatic carbocycles. The molecule has 2 unspecified atom stereocenters. The first-order valence-electron chi connectivity index (χ1n) is 15.9. The van der Waals surface area contributed by atoms with Crippen LogP contribution in [0.3, 0.4) is 0 Å². The highest BCUT2D eigenvalue weighted by atomic mass is 127. The highest BCUT2D eigenvalue weighted by molar-refractivity contribution is 14.2. The van der Waals surface area contributed by atoms with Crippen molar-refractivity contribution in [3.8, 4) is 11.1 Å². The van der Waals surface area contributed by atoms with E-state index >= 15 is 0 Å². The first-order chi connectivity index (χ1) is 20.8. The molecule has 7 nitrogen and oxygen atoms in total. The summed E-state index contributed by atoms with van der Waals surface area (Å²) >= 11 is 2.08. The van der Waals surface area contributed by atoms with Gasteiger partial charge in [0.2, 0.25) is 0 Å². The van der Waals surface area contributed by atoms with Gasteiger partial charge in [-0.15, -0.1) is 0 Å². The Morgan fingerprint density at radius 3 is 2.47 bits per heavy atom. The largest absolute Gasteiger partial charge is 0.326 e. The number of imidazole rings is 1. The molecule has 9 heteroatoms. The third-order valence-corrected chi connectivity index (χ3v) is 12.6. The second-order valence-electron chi connectivity index (χ2n) is 12.5. The van der Waals surface area contributed by atoms with Crippen molar-refractivity contribution in [2.24, 2.45) is 16.8 Å². The fourth-order valence-corrected chi connectivity index (χ4v) is 10.1. The number of piperidine rings is 1. The highest BCUT2D eigenvalue weighted by Crippen LogP contribution is 2.40. The Bertz CT molecular complexity index is 1570. The molecule has 2 bridgehead atoms. The van der Waals surface area contributed by atoms with E-state index in [2.05, 4.69) is 112 Å². The number of fused-ring (bicyclic) bond motifs is 3. The Hall–Kier alpha value is -1.70. The summed E-state index contributed by atoms with van der Waals surface area (Å²) in [5, 5.41) is 3.57. The number of aliphatic imine (C=N–C) groups is 1. The maximum Gasteiger partial charge on any atom is 0.164 e. The molecule has 230 valence electrons. The van der Waals surface area contributed by atoms with E-state index in [9.17, 15) is 0 Å². The molecular formula is C34H45I2N7. The van der Waals surface area contributed by atoms with Crippen LogP contribution in [0.2, 0.25) is 0 Å². The first-order valence-corrected chi connectivity index (χ1v) is 19.3. The summed E-state index contributed by atoms with van der Waals surface area (Å²) in [5.41, 5.74) is 7.42. The molecule has 1 aliphatic carbocycles. The SMILES string of the molecule is CCc1cc(-c2cc(NC3=NC=C(CN4CC5CCC(C4)C5N(CC)CC)C=I3)ncc2I)cc2c1nc(C)n2C(C)C. The van der Waals surface area contributed by atoms with Crippen LogP contribution in [-0.4, -0.2) is 71.0 Å². The Morgan fingerprint density at radius 1 is 1.09 bits per heavy atom. The maximum absolute atomic E-state index is 4.94. The summed E-state index contributed by atoms with van der Waals surface area (Å²) in [6, 6.07) is 7.95. The Balaban J connectivity index is 1.17. The number of benzene rings is 1. The van der Waals surface area contributed by atoms with Crippen molar-refractivity contribution in [1.82, 2.24) is 24.3 Å². The molecule has 0 radical (unpaired) electrons. The lowest BCUT2D eigenvalue weighted by Crippen LogP contribution is -2.52. The van der Waals surface area contributed by atoms with Gasteiger partial charge in [0.05, 0.1) is 11.0 Å². The molecule has 1 saturated heterocycles. The van der Waals surface area contributed by atoms with Crippen LogP contribution < -0.4 is 5.32 Å². The molecule has 2 fully saturated rings. The van der Waals surface area contributed by atoms with Crippen molar-refractivity contribution in [3.63, 3.8) is 0 Å². The van der Waals surface area contributed by atoms with E-state index in [0.717, 1.165) is 55.4 Å². The predicted octanol–water partition coefficient (Wildman–Crippen LogP) is 7.65. The van der Waals surface area contributed by atoms with Crippen molar-refractivity contribution in [2.45, 2.75) is 72.9 Å². The number of aromatic nitrogens is 3. The van der Waals surface area contributed by atoms with Gasteiger partial charge in [0.15, 0.2) is 3.84 Å². The van der Waals surface area contributed by atoms with Gasteiger partial charge in [0.25, 0.3) is 0 Å². The number of halogens is 2. The molecule has 0 spiro atoms. The molecule has 3 aliphatic rings. The number of likely N-dealkylation sites (tertiary alicyclic amines) is 1. The number of amidine groups is 1. The molecule has 6 rings (SSSR count). The fourth-order valence-electron chi connectivity index (χ4n) is 7.66. The molecule has 43 heavy (non-hydrogen) atoms. The number of nitrogens with zero attached hydrogens (tertiary/aromatic N) is 6. The van der Waals surface area contributed by atoms with Crippen LogP contribution in [0.25, 0.3) is 22.2 Å². The van der Waals surface area contributed by atoms with Gasteiger partial charge < -0.3 is 14.8 Å². The predicted molar refractivity (Wildman–Crippen MR) is 199 cm³/mol. The Morgan fingerprint density at radius 2 is 1.84 bits per heavy atom. The zero-order valence-electron chi connectivity index (χ0n) is 26.4. The topological polar surface area (TPSA) is 61.6 Å². The minimum Gasteiger partial charge on any atom is -0.326 e. The molecule has 1 saturated carbocycles. The average molecular weight is 806 g/mol. The quantitative estimate of drug-likeness (QED) is 0.178. The third-order valence-electron chi connectivity index (χ3n) is 9.49. The Kier molecular flexibility index (Phi) is 9.71. The minimum atomic E-state index is -0.335. The maximum atomic E-state index is 4.94. The summed E-state index contributed by atoms with van der Waals surface area (Å²) < 4.78 is 7.01. The van der Waals surface area contributed by atoms with Gasteiger partial charge in [-0.05, 0) is 147 Å². The zero-order chi connectivity index (χ0) is 30.2. The molecule has 2 aromatic heterocycles. The molecule has 2 aliphatic heterocycles. The monoisotopic (exact) mass is 805 g/mol. The lowest BCUT2D eigenvalue weighted by atomic mass is 9.90. The molecule has 1 N–H and O–H groups in total. The first kappa shape index (κ1) is 31.3. The second kappa shape index (κ2) is 13.3. The minimum absolute atomic E-state index is 0.335. The van der Waals surface area contributed by atoms with Crippen molar-refractivity contribution in [3.05, 3.63) is 51.1 Å². The van der Waals surface area contributed by atoms with Gasteiger partial charge in [0.1, 0.15) is 11.6 Å². The van der Waals surface area contributed by atoms with Gasteiger partial charge in [-0.25, -0.2) is 15.0 Å². The highest BCUT2D eigenvalue weighted by Gasteiger charge is 2.44. The third kappa shape index (κ3) is 6.37. The van der Waals surface area contributed by atoms with Crippen molar-refractivity contribution < 1.29 is 0 Å². The lowest BCUT2D eigenvalue weighted by molar-refractivity contribution is 0.0579.